The standard InChI is InChI=1S/C41H53F3N4O9S/c1-7-25-18-24(2)12-8-9-13-26-21-40(26,37(52)47-58(53,54)39(5)16-17-39)22-32(49)31-19-27(56-35-29-15-11-10-14-28(29)34(55-6)45-46-35)23-48(31)36(51)30(25)20-33(50)57-38(3,4)41(42,43)44/h9-11,13-15,24-27,30-31H,7-8,12,16-23H2,1-6H3,(H,47,52)/b13-9-/t24-,25+,26+,27+,30-,31-,40+/m0/s1. The number of fused-ring (bicyclic) bond motifs is 3. The van der Waals surface area contributed by atoms with E-state index in [0.29, 0.717) is 49.3 Å². The van der Waals surface area contributed by atoms with Crippen LogP contribution in [0.3, 0.4) is 0 Å². The van der Waals surface area contributed by atoms with Gasteiger partial charge < -0.3 is 19.1 Å². The summed E-state index contributed by atoms with van der Waals surface area (Å²) >= 11 is 0. The number of rotatable bonds is 10. The zero-order valence-electron chi connectivity index (χ0n) is 33.8. The van der Waals surface area contributed by atoms with E-state index in [-0.39, 0.29) is 43.5 Å². The molecule has 2 amide bonds. The number of halogens is 3. The molecule has 2 saturated carbocycles. The Hall–Kier alpha value is -4.28. The number of hydrogen-bond acceptors (Lipinski definition) is 11. The van der Waals surface area contributed by atoms with Gasteiger partial charge in [0.1, 0.15) is 6.10 Å². The van der Waals surface area contributed by atoms with Gasteiger partial charge in [-0.15, -0.1) is 10.2 Å². The molecule has 17 heteroatoms. The fraction of sp³-hybridized carbons (Fsp3) is 0.659. The van der Waals surface area contributed by atoms with Gasteiger partial charge in [0.15, 0.2) is 5.78 Å². The van der Waals surface area contributed by atoms with Crippen molar-refractivity contribution in [2.45, 2.75) is 127 Å². The van der Waals surface area contributed by atoms with Crippen LogP contribution in [-0.4, -0.2) is 89.4 Å². The molecular formula is C41H53F3N4O9S. The van der Waals surface area contributed by atoms with Gasteiger partial charge in [0.05, 0.1) is 53.0 Å². The van der Waals surface area contributed by atoms with Crippen LogP contribution in [-0.2, 0) is 33.9 Å². The second-order valence-corrected chi connectivity index (χ2v) is 19.5. The number of sulfonamides is 1. The molecule has 4 aliphatic rings. The topological polar surface area (TPSA) is 171 Å². The highest BCUT2D eigenvalue weighted by Gasteiger charge is 2.63. The Morgan fingerprint density at radius 1 is 1.05 bits per heavy atom. The lowest BCUT2D eigenvalue weighted by atomic mass is 9.79. The van der Waals surface area contributed by atoms with Gasteiger partial charge in [-0.05, 0) is 89.2 Å². The highest BCUT2D eigenvalue weighted by molar-refractivity contribution is 7.91. The van der Waals surface area contributed by atoms with Crippen molar-refractivity contribution in [3.05, 3.63) is 36.4 Å². The molecule has 318 valence electrons. The number of Topliss-reactive ketones (excluding diaryl/α,β-unsaturated/α-hetero) is 1. The van der Waals surface area contributed by atoms with Crippen molar-refractivity contribution in [2.75, 3.05) is 13.7 Å². The maximum atomic E-state index is 15.0. The van der Waals surface area contributed by atoms with E-state index in [0.717, 1.165) is 13.8 Å². The lowest BCUT2D eigenvalue weighted by Crippen LogP contribution is -2.49. The number of aromatic nitrogens is 2. The molecule has 1 saturated heterocycles. The lowest BCUT2D eigenvalue weighted by Gasteiger charge is -2.34. The molecule has 1 aromatic heterocycles. The highest BCUT2D eigenvalue weighted by atomic mass is 32.2. The molecule has 2 aliphatic heterocycles. The Morgan fingerprint density at radius 2 is 1.71 bits per heavy atom. The number of nitrogens with zero attached hydrogens (tertiary/aromatic N) is 3. The lowest BCUT2D eigenvalue weighted by molar-refractivity contribution is -0.257. The van der Waals surface area contributed by atoms with Gasteiger partial charge in [-0.25, -0.2) is 8.42 Å². The van der Waals surface area contributed by atoms with Crippen molar-refractivity contribution in [3.63, 3.8) is 0 Å². The van der Waals surface area contributed by atoms with Crippen LogP contribution >= 0.6 is 0 Å². The van der Waals surface area contributed by atoms with E-state index in [1.807, 2.05) is 26.0 Å². The first kappa shape index (κ1) is 43.3. The summed E-state index contributed by atoms with van der Waals surface area (Å²) in [6.45, 7) is 6.73. The molecule has 2 aliphatic carbocycles. The Bertz CT molecular complexity index is 2070. The zero-order valence-corrected chi connectivity index (χ0v) is 34.6. The Kier molecular flexibility index (Phi) is 12.0. The minimum absolute atomic E-state index is 0.0170. The third-order valence-corrected chi connectivity index (χ3v) is 14.8. The predicted molar refractivity (Wildman–Crippen MR) is 206 cm³/mol. The molecule has 58 heavy (non-hydrogen) atoms. The summed E-state index contributed by atoms with van der Waals surface area (Å²) in [7, 11) is -2.59. The number of allylic oxidation sites excluding steroid dienone is 2. The number of ether oxygens (including phenoxy) is 3. The Morgan fingerprint density at radius 3 is 2.33 bits per heavy atom. The van der Waals surface area contributed by atoms with Gasteiger partial charge in [-0.1, -0.05) is 44.6 Å². The van der Waals surface area contributed by atoms with Crippen LogP contribution in [0.1, 0.15) is 98.8 Å². The first-order valence-corrected chi connectivity index (χ1v) is 21.4. The summed E-state index contributed by atoms with van der Waals surface area (Å²) in [6.07, 6.45) is 0.125. The van der Waals surface area contributed by atoms with E-state index in [1.54, 1.807) is 31.2 Å². The summed E-state index contributed by atoms with van der Waals surface area (Å²) in [6, 6.07) is 5.89. The van der Waals surface area contributed by atoms with Crippen LogP contribution in [0.5, 0.6) is 11.8 Å². The monoisotopic (exact) mass is 834 g/mol. The van der Waals surface area contributed by atoms with Gasteiger partial charge >= 0.3 is 12.1 Å². The minimum Gasteiger partial charge on any atom is -0.479 e. The molecule has 0 unspecified atom stereocenters. The molecule has 7 atom stereocenters. The second kappa shape index (κ2) is 16.1. The molecule has 13 nitrogen and oxygen atoms in total. The molecule has 3 fully saturated rings. The van der Waals surface area contributed by atoms with Crippen molar-refractivity contribution >= 4 is 44.4 Å². The normalized spacial score (nSPS) is 29.6. The number of esters is 1. The number of methoxy groups -OCH3 is 1. The van der Waals surface area contributed by atoms with Gasteiger partial charge in [-0.2, -0.15) is 13.2 Å². The van der Waals surface area contributed by atoms with E-state index in [1.165, 1.54) is 12.0 Å². The van der Waals surface area contributed by atoms with Crippen LogP contribution in [0.25, 0.3) is 10.8 Å². The van der Waals surface area contributed by atoms with Crippen LogP contribution in [0, 0.1) is 29.1 Å². The number of amides is 2. The number of ketones is 1. The highest BCUT2D eigenvalue weighted by Crippen LogP contribution is 2.58. The molecule has 0 bridgehead atoms. The second-order valence-electron chi connectivity index (χ2n) is 17.3. The molecule has 2 aromatic rings. The molecule has 0 radical (unpaired) electrons. The first-order chi connectivity index (χ1) is 27.1. The quantitative estimate of drug-likeness (QED) is 0.212. The smallest absolute Gasteiger partial charge is 0.427 e. The molecule has 1 aromatic carbocycles. The van der Waals surface area contributed by atoms with Crippen LogP contribution in [0.2, 0.25) is 0 Å². The van der Waals surface area contributed by atoms with E-state index < -0.39 is 91.8 Å². The van der Waals surface area contributed by atoms with Crippen LogP contribution < -0.4 is 14.2 Å². The average molecular weight is 835 g/mol. The molecule has 6 rings (SSSR count). The minimum atomic E-state index is -4.87. The third-order valence-electron chi connectivity index (χ3n) is 12.7. The van der Waals surface area contributed by atoms with Crippen LogP contribution in [0.15, 0.2) is 36.4 Å². The van der Waals surface area contributed by atoms with E-state index in [4.69, 9.17) is 14.2 Å². The largest absolute Gasteiger partial charge is 0.479 e. The van der Waals surface area contributed by atoms with Gasteiger partial charge in [0.25, 0.3) is 0 Å². The summed E-state index contributed by atoms with van der Waals surface area (Å²) < 4.78 is 85.8. The Balaban J connectivity index is 1.37. The molecule has 1 N–H and O–H groups in total. The molecule has 3 heterocycles. The van der Waals surface area contributed by atoms with E-state index >= 15 is 0 Å². The Labute approximate surface area is 336 Å². The van der Waals surface area contributed by atoms with Crippen molar-refractivity contribution in [1.82, 2.24) is 19.8 Å². The maximum Gasteiger partial charge on any atom is 0.427 e. The van der Waals surface area contributed by atoms with Crippen molar-refractivity contribution in [2.24, 2.45) is 29.1 Å². The number of carbonyl (C=O) groups excluding carboxylic acids is 4. The number of hydrogen-bond donors (Lipinski definition) is 1. The van der Waals surface area contributed by atoms with Crippen LogP contribution in [0.4, 0.5) is 13.2 Å². The van der Waals surface area contributed by atoms with E-state index in [9.17, 15) is 40.8 Å². The third kappa shape index (κ3) is 8.69. The predicted octanol–water partition coefficient (Wildman–Crippen LogP) is 6.24. The van der Waals surface area contributed by atoms with Crippen molar-refractivity contribution < 1.29 is 55.0 Å². The summed E-state index contributed by atoms with van der Waals surface area (Å²) in [5.74, 6) is -4.79. The summed E-state index contributed by atoms with van der Waals surface area (Å²) in [5.41, 5.74) is -4.21. The van der Waals surface area contributed by atoms with Crippen molar-refractivity contribution in [1.29, 1.82) is 0 Å². The number of carbonyl (C=O) groups is 4. The number of alkyl halides is 3. The SMILES string of the molecule is CC[C@@H]1C[C@@H](C)CC/C=C\[C@@H]2C[C@@]2(C(=O)NS(=O)(=O)C2(C)CC2)CC(=O)[C@@H]2C[C@@H](Oc3nnc(OC)c4ccccc34)CN2C(=O)[C@H]1CC(=O)OC(C)(C)C(F)(F)F. The average Bonchev–Trinajstić information content (AvgIpc) is 4.04. The molecule has 0 spiro atoms. The number of nitrogens with one attached hydrogen (secondary N) is 1. The first-order valence-electron chi connectivity index (χ1n) is 20.0. The maximum absolute atomic E-state index is 15.0. The van der Waals surface area contributed by atoms with Crippen molar-refractivity contribution in [3.8, 4) is 11.8 Å². The molecular weight excluding hydrogens is 782 g/mol. The van der Waals surface area contributed by atoms with Gasteiger partial charge in [0, 0.05) is 12.8 Å². The number of benzene rings is 1. The fourth-order valence-electron chi connectivity index (χ4n) is 8.36. The van der Waals surface area contributed by atoms with E-state index in [2.05, 4.69) is 14.9 Å². The zero-order chi connectivity index (χ0) is 42.4. The fourth-order valence-corrected chi connectivity index (χ4v) is 9.69. The van der Waals surface area contributed by atoms with Gasteiger partial charge in [0.2, 0.25) is 39.2 Å². The summed E-state index contributed by atoms with van der Waals surface area (Å²) in [5, 5.41) is 9.50. The summed E-state index contributed by atoms with van der Waals surface area (Å²) in [4.78, 5) is 58.3. The van der Waals surface area contributed by atoms with Gasteiger partial charge in [-0.3, -0.25) is 23.9 Å².